The van der Waals surface area contributed by atoms with Gasteiger partial charge in [-0.3, -0.25) is 9.88 Å². The van der Waals surface area contributed by atoms with Crippen molar-refractivity contribution in [3.05, 3.63) is 65.5 Å². The van der Waals surface area contributed by atoms with Crippen LogP contribution in [0.1, 0.15) is 26.6 Å². The van der Waals surface area contributed by atoms with Crippen LogP contribution in [-0.4, -0.2) is 23.0 Å². The van der Waals surface area contributed by atoms with Crippen LogP contribution >= 0.6 is 0 Å². The molecule has 1 aromatic heterocycles. The number of rotatable bonds is 6. The Labute approximate surface area is 118 Å². The maximum atomic E-state index is 8.40. The Kier molecular flexibility index (Phi) is 4.15. The Morgan fingerprint density at radius 3 is 2.58 bits per heavy atom. The third-order valence-corrected chi connectivity index (χ3v) is 3.03. The second-order valence-corrected chi connectivity index (χ2v) is 4.58. The zero-order chi connectivity index (χ0) is 15.3. The van der Waals surface area contributed by atoms with E-state index in [0.717, 1.165) is 17.8 Å². The summed E-state index contributed by atoms with van der Waals surface area (Å²) in [5.74, 6) is 0. The molecule has 0 saturated carbocycles. The highest BCUT2D eigenvalue weighted by Gasteiger charge is 2.04. The number of nitrogens with zero attached hydrogens (tertiary/aromatic N) is 2. The number of hydrogen-bond donors (Lipinski definition) is 0. The predicted octanol–water partition coefficient (Wildman–Crippen LogP) is 3.45. The number of benzene rings is 1. The van der Waals surface area contributed by atoms with Gasteiger partial charge in [0.25, 0.3) is 0 Å². The van der Waals surface area contributed by atoms with Crippen molar-refractivity contribution >= 4 is 0 Å². The van der Waals surface area contributed by atoms with Gasteiger partial charge in [-0.2, -0.15) is 0 Å². The molecular formula is C17H22N2. The average molecular weight is 256 g/mol. The van der Waals surface area contributed by atoms with E-state index >= 15 is 0 Å². The van der Waals surface area contributed by atoms with Gasteiger partial charge in [-0.25, -0.2) is 0 Å². The topological polar surface area (TPSA) is 16.1 Å². The van der Waals surface area contributed by atoms with Gasteiger partial charge in [0, 0.05) is 33.6 Å². The minimum absolute atomic E-state index is 0.648. The maximum Gasteiger partial charge on any atom is 0.0481 e. The largest absolute Gasteiger partial charge is 0.299 e. The molecule has 0 bridgehead atoms. The van der Waals surface area contributed by atoms with E-state index in [2.05, 4.69) is 4.98 Å². The van der Waals surface area contributed by atoms with Crippen molar-refractivity contribution in [2.24, 2.45) is 0 Å². The van der Waals surface area contributed by atoms with Crippen LogP contribution in [0.5, 0.6) is 0 Å². The number of aromatic nitrogens is 1. The van der Waals surface area contributed by atoms with Crippen molar-refractivity contribution in [1.29, 1.82) is 0 Å². The molecule has 0 aliphatic carbocycles. The van der Waals surface area contributed by atoms with Gasteiger partial charge in [0.1, 0.15) is 0 Å². The number of aryl methyl sites for hydroxylation is 1. The summed E-state index contributed by atoms with van der Waals surface area (Å²) in [6, 6.07) is 15.3. The minimum atomic E-state index is -1.46. The van der Waals surface area contributed by atoms with Gasteiger partial charge in [0.05, 0.1) is 0 Å². The van der Waals surface area contributed by atoms with Gasteiger partial charge >= 0.3 is 0 Å². The fourth-order valence-corrected chi connectivity index (χ4v) is 1.98. The Morgan fingerprint density at radius 1 is 1.11 bits per heavy atom. The molecule has 0 N–H and O–H groups in total. The number of pyridine rings is 1. The van der Waals surface area contributed by atoms with Gasteiger partial charge in [0.15, 0.2) is 0 Å². The summed E-state index contributed by atoms with van der Waals surface area (Å²) in [5, 5.41) is 0. The van der Waals surface area contributed by atoms with E-state index in [-0.39, 0.29) is 0 Å². The van der Waals surface area contributed by atoms with Gasteiger partial charge < -0.3 is 0 Å². The van der Waals surface area contributed by atoms with Crippen molar-refractivity contribution < 1.29 is 2.74 Å². The second kappa shape index (κ2) is 7.05. The molecule has 1 aromatic carbocycles. The van der Waals surface area contributed by atoms with E-state index in [1.54, 1.807) is 0 Å². The highest BCUT2D eigenvalue weighted by atomic mass is 15.1. The molecule has 19 heavy (non-hydrogen) atoms. The second-order valence-electron chi connectivity index (χ2n) is 4.58. The molecule has 0 amide bonds. The van der Waals surface area contributed by atoms with Crippen molar-refractivity contribution in [3.8, 4) is 0 Å². The Hall–Kier alpha value is -1.67. The molecule has 0 spiro atoms. The van der Waals surface area contributed by atoms with Crippen molar-refractivity contribution in [2.75, 3.05) is 13.1 Å². The van der Waals surface area contributed by atoms with E-state index in [4.69, 9.17) is 2.74 Å². The lowest BCUT2D eigenvalue weighted by Gasteiger charge is -2.20. The highest BCUT2D eigenvalue weighted by molar-refractivity contribution is 5.14. The number of hydrogen-bond acceptors (Lipinski definition) is 2. The van der Waals surface area contributed by atoms with Crippen LogP contribution in [-0.2, 0) is 12.9 Å². The van der Waals surface area contributed by atoms with Crippen LogP contribution in [0.2, 0.25) is 0 Å². The fraction of sp³-hybridized carbons (Fsp3) is 0.353. The Bertz CT molecular complexity index is 570. The van der Waals surface area contributed by atoms with Crippen LogP contribution in [0.25, 0.3) is 0 Å². The predicted molar refractivity (Wildman–Crippen MR) is 80.1 cm³/mol. The molecule has 0 saturated heterocycles. The lowest BCUT2D eigenvalue weighted by Crippen LogP contribution is -2.25. The van der Waals surface area contributed by atoms with Crippen molar-refractivity contribution in [3.63, 3.8) is 0 Å². The molecule has 100 valence electrons. The van der Waals surface area contributed by atoms with E-state index < -0.39 is 6.50 Å². The molecule has 0 aliphatic rings. The van der Waals surface area contributed by atoms with E-state index in [1.165, 1.54) is 0 Å². The summed E-state index contributed by atoms with van der Waals surface area (Å²) in [6.07, 6.45) is 0.752. The lowest BCUT2D eigenvalue weighted by molar-refractivity contribution is 0.282. The third kappa shape index (κ3) is 4.49. The molecule has 0 fully saturated rings. The summed E-state index contributed by atoms with van der Waals surface area (Å²) in [6.45, 7) is 3.82. The van der Waals surface area contributed by atoms with Crippen LogP contribution in [0.3, 0.4) is 0 Å². The summed E-state index contributed by atoms with van der Waals surface area (Å²) < 4.78 is 16.8. The summed E-state index contributed by atoms with van der Waals surface area (Å²) in [4.78, 5) is 6.34. The highest BCUT2D eigenvalue weighted by Crippen LogP contribution is 2.06. The zero-order valence-corrected chi connectivity index (χ0v) is 11.6. The maximum absolute atomic E-state index is 8.40. The Morgan fingerprint density at radius 2 is 1.89 bits per heavy atom. The molecule has 2 heteroatoms. The smallest absolute Gasteiger partial charge is 0.0481 e. The quantitative estimate of drug-likeness (QED) is 0.787. The first-order valence-electron chi connectivity index (χ1n) is 7.77. The first-order valence-corrected chi connectivity index (χ1v) is 6.77. The molecule has 0 radical (unpaired) electrons. The monoisotopic (exact) mass is 256 g/mol. The first kappa shape index (κ1) is 11.2. The van der Waals surface area contributed by atoms with E-state index in [0.29, 0.717) is 18.7 Å². The van der Waals surface area contributed by atoms with E-state index in [9.17, 15) is 0 Å². The van der Waals surface area contributed by atoms with Crippen LogP contribution < -0.4 is 0 Å². The molecule has 0 unspecified atom stereocenters. The molecule has 0 atom stereocenters. The van der Waals surface area contributed by atoms with Gasteiger partial charge in [-0.1, -0.05) is 43.3 Å². The Balaban J connectivity index is 2.09. The van der Waals surface area contributed by atoms with Crippen LogP contribution in [0.15, 0.2) is 48.5 Å². The SMILES string of the molecule is [2H]C([2H])(c1ccccc1)N(CC)CCc1cccc(C)n1. The summed E-state index contributed by atoms with van der Waals surface area (Å²) >= 11 is 0. The molecule has 0 aliphatic heterocycles. The molecule has 2 rings (SSSR count). The minimum Gasteiger partial charge on any atom is -0.299 e. The van der Waals surface area contributed by atoms with Crippen LogP contribution in [0, 0.1) is 6.92 Å². The van der Waals surface area contributed by atoms with Crippen molar-refractivity contribution in [1.82, 2.24) is 9.88 Å². The lowest BCUT2D eigenvalue weighted by atomic mass is 10.2. The number of likely N-dealkylation sites (N-methyl/N-ethyl adjacent to an activating group) is 1. The molecule has 2 aromatic rings. The van der Waals surface area contributed by atoms with Gasteiger partial charge in [0.2, 0.25) is 0 Å². The molecule has 1 heterocycles. The molecule has 2 nitrogen and oxygen atoms in total. The standard InChI is InChI=1S/C17H22N2/c1-3-19(14-16-9-5-4-6-10-16)13-12-17-11-7-8-15(2)18-17/h4-11H,3,12-14H2,1-2H3/i14D2. The zero-order valence-electron chi connectivity index (χ0n) is 13.6. The normalized spacial score (nSPS) is 13.2. The summed E-state index contributed by atoms with van der Waals surface area (Å²) in [7, 11) is 0. The van der Waals surface area contributed by atoms with Gasteiger partial charge in [-0.15, -0.1) is 0 Å². The third-order valence-electron chi connectivity index (χ3n) is 3.03. The molecular weight excluding hydrogens is 232 g/mol. The van der Waals surface area contributed by atoms with Gasteiger partial charge in [-0.05, 0) is 31.2 Å². The first-order chi connectivity index (χ1) is 10.0. The average Bonchev–Trinajstić information content (AvgIpc) is 2.48. The van der Waals surface area contributed by atoms with E-state index in [1.807, 2.05) is 67.3 Å². The van der Waals surface area contributed by atoms with Crippen LogP contribution in [0.4, 0.5) is 0 Å². The summed E-state index contributed by atoms with van der Waals surface area (Å²) in [5.41, 5.74) is 2.71. The fourth-order valence-electron chi connectivity index (χ4n) is 1.98. The van der Waals surface area contributed by atoms with Crippen molar-refractivity contribution in [2.45, 2.75) is 26.8 Å².